The molecule has 0 unspecified atom stereocenters. The van der Waals surface area contributed by atoms with Crippen LogP contribution in [0.15, 0.2) is 164 Å². The Morgan fingerprint density at radius 3 is 1.61 bits per heavy atom. The lowest BCUT2D eigenvalue weighted by Gasteiger charge is -2.42. The molecule has 7 heteroatoms. The maximum absolute atomic E-state index is 10.9. The SMILES string of the molecule is CC1(C)c2ccccc2N(c2ccccc2)c2cc3c4ccccc4n(-c4c(C#N)cc(-c5nc(-c6ccccc6)nc(-c6ccccc6)n5)cc4C#N)c3cc21. The highest BCUT2D eigenvalue weighted by molar-refractivity contribution is 6.12. The minimum absolute atomic E-state index is 0.336. The first-order valence-electron chi connectivity index (χ1n) is 18.8. The van der Waals surface area contributed by atoms with E-state index in [-0.39, 0.29) is 5.41 Å². The van der Waals surface area contributed by atoms with Crippen LogP contribution in [0.3, 0.4) is 0 Å². The second kappa shape index (κ2) is 13.2. The molecule has 7 aromatic carbocycles. The van der Waals surface area contributed by atoms with Crippen molar-refractivity contribution in [2.45, 2.75) is 19.3 Å². The molecule has 9 aromatic rings. The first kappa shape index (κ1) is 33.7. The van der Waals surface area contributed by atoms with Gasteiger partial charge in [0.2, 0.25) is 0 Å². The molecule has 3 heterocycles. The molecule has 10 rings (SSSR count). The van der Waals surface area contributed by atoms with Crippen LogP contribution < -0.4 is 4.90 Å². The monoisotopic (exact) mass is 731 g/mol. The Labute approximate surface area is 330 Å². The molecule has 0 fully saturated rings. The van der Waals surface area contributed by atoms with Crippen LogP contribution in [0, 0.1) is 22.7 Å². The summed E-state index contributed by atoms with van der Waals surface area (Å²) in [6, 6.07) is 59.8. The Bertz CT molecular complexity index is 3020. The van der Waals surface area contributed by atoms with Crippen LogP contribution in [0.4, 0.5) is 17.1 Å². The number of nitrogens with zero attached hydrogens (tertiary/aromatic N) is 7. The van der Waals surface area contributed by atoms with E-state index in [1.807, 2.05) is 78.9 Å². The highest BCUT2D eigenvalue weighted by atomic mass is 15.2. The second-order valence-corrected chi connectivity index (χ2v) is 14.7. The first-order chi connectivity index (χ1) is 27.9. The fourth-order valence-corrected chi connectivity index (χ4v) is 8.37. The van der Waals surface area contributed by atoms with E-state index < -0.39 is 0 Å². The summed E-state index contributed by atoms with van der Waals surface area (Å²) in [6.07, 6.45) is 0. The largest absolute Gasteiger partial charge is 0.310 e. The van der Waals surface area contributed by atoms with Gasteiger partial charge in [0.05, 0.1) is 39.2 Å². The summed E-state index contributed by atoms with van der Waals surface area (Å²) in [5, 5.41) is 23.9. The van der Waals surface area contributed by atoms with Gasteiger partial charge in [0.25, 0.3) is 0 Å². The average Bonchev–Trinajstić information content (AvgIpc) is 3.59. The third-order valence-electron chi connectivity index (χ3n) is 11.1. The number of rotatable bonds is 5. The molecule has 0 spiro atoms. The van der Waals surface area contributed by atoms with Gasteiger partial charge in [-0.05, 0) is 59.7 Å². The molecule has 7 nitrogen and oxygen atoms in total. The summed E-state index contributed by atoms with van der Waals surface area (Å²) >= 11 is 0. The number of aromatic nitrogens is 4. The van der Waals surface area contributed by atoms with E-state index in [9.17, 15) is 10.5 Å². The summed E-state index contributed by atoms with van der Waals surface area (Å²) < 4.78 is 2.09. The summed E-state index contributed by atoms with van der Waals surface area (Å²) in [5.41, 5.74) is 10.5. The number of para-hydroxylation sites is 3. The Kier molecular flexibility index (Phi) is 7.78. The van der Waals surface area contributed by atoms with Gasteiger partial charge in [0.1, 0.15) is 12.1 Å². The Morgan fingerprint density at radius 1 is 0.474 bits per heavy atom. The van der Waals surface area contributed by atoms with E-state index in [0.29, 0.717) is 39.9 Å². The van der Waals surface area contributed by atoms with Crippen molar-refractivity contribution in [3.63, 3.8) is 0 Å². The predicted octanol–water partition coefficient (Wildman–Crippen LogP) is 11.8. The normalized spacial score (nSPS) is 12.8. The number of hydrogen-bond acceptors (Lipinski definition) is 6. The third-order valence-corrected chi connectivity index (χ3v) is 11.1. The molecule has 0 bridgehead atoms. The molecule has 0 aliphatic carbocycles. The van der Waals surface area contributed by atoms with Gasteiger partial charge in [-0.3, -0.25) is 0 Å². The van der Waals surface area contributed by atoms with Crippen molar-refractivity contribution in [1.82, 2.24) is 19.5 Å². The molecule has 1 aliphatic heterocycles. The number of anilines is 3. The quantitative estimate of drug-likeness (QED) is 0.175. The second-order valence-electron chi connectivity index (χ2n) is 14.7. The van der Waals surface area contributed by atoms with Crippen molar-refractivity contribution in [2.24, 2.45) is 0 Å². The lowest BCUT2D eigenvalue weighted by molar-refractivity contribution is 0.632. The third kappa shape index (κ3) is 5.37. The molecular weight excluding hydrogens is 699 g/mol. The van der Waals surface area contributed by atoms with Gasteiger partial charge in [0.15, 0.2) is 17.5 Å². The van der Waals surface area contributed by atoms with Gasteiger partial charge in [-0.25, -0.2) is 15.0 Å². The fraction of sp³-hybridized carbons (Fsp3) is 0.0600. The number of nitriles is 2. The van der Waals surface area contributed by atoms with Crippen LogP contribution in [0.2, 0.25) is 0 Å². The van der Waals surface area contributed by atoms with Crippen LogP contribution in [-0.4, -0.2) is 19.5 Å². The first-order valence-corrected chi connectivity index (χ1v) is 18.8. The molecule has 2 aromatic heterocycles. The number of benzene rings is 7. The van der Waals surface area contributed by atoms with Crippen LogP contribution in [0.25, 0.3) is 61.7 Å². The van der Waals surface area contributed by atoms with Crippen LogP contribution in [0.5, 0.6) is 0 Å². The molecule has 268 valence electrons. The number of fused-ring (bicyclic) bond motifs is 5. The Hall–Kier alpha value is -7.87. The summed E-state index contributed by atoms with van der Waals surface area (Å²) in [4.78, 5) is 17.0. The standard InChI is InChI=1S/C50H33N7/c1-50(2)40-23-13-15-25-43(40)56(37-20-10-5-11-21-37)45-28-39-38-22-12-14-24-42(38)57(44(39)29-41(45)50)46-35(30-51)26-34(27-36(46)31-52)49-54-47(32-16-6-3-7-17-32)53-48(55-49)33-18-8-4-9-19-33/h3-29H,1-2H3. The molecule has 57 heavy (non-hydrogen) atoms. The zero-order chi connectivity index (χ0) is 38.7. The zero-order valence-corrected chi connectivity index (χ0v) is 31.2. The average molecular weight is 732 g/mol. The van der Waals surface area contributed by atoms with E-state index in [1.54, 1.807) is 12.1 Å². The van der Waals surface area contributed by atoms with Crippen molar-refractivity contribution in [3.05, 3.63) is 186 Å². The van der Waals surface area contributed by atoms with Crippen molar-refractivity contribution in [1.29, 1.82) is 10.5 Å². The van der Waals surface area contributed by atoms with Gasteiger partial charge in [-0.1, -0.05) is 129 Å². The van der Waals surface area contributed by atoms with Crippen LogP contribution in [-0.2, 0) is 5.41 Å². The Morgan fingerprint density at radius 2 is 1.00 bits per heavy atom. The molecule has 1 aliphatic rings. The predicted molar refractivity (Wildman–Crippen MR) is 227 cm³/mol. The van der Waals surface area contributed by atoms with Crippen LogP contribution >= 0.6 is 0 Å². The molecule has 0 saturated carbocycles. The van der Waals surface area contributed by atoms with Crippen molar-refractivity contribution < 1.29 is 0 Å². The lowest BCUT2D eigenvalue weighted by Crippen LogP contribution is -2.30. The number of hydrogen-bond donors (Lipinski definition) is 0. The van der Waals surface area contributed by atoms with E-state index >= 15 is 0 Å². The van der Waals surface area contributed by atoms with Gasteiger partial charge in [-0.15, -0.1) is 0 Å². The molecular formula is C50H33N7. The topological polar surface area (TPSA) is 94.4 Å². The van der Waals surface area contributed by atoms with Gasteiger partial charge >= 0.3 is 0 Å². The van der Waals surface area contributed by atoms with Crippen molar-refractivity contribution in [2.75, 3.05) is 4.90 Å². The molecule has 0 atom stereocenters. The minimum atomic E-state index is -0.363. The van der Waals surface area contributed by atoms with E-state index in [2.05, 4.69) is 108 Å². The summed E-state index contributed by atoms with van der Waals surface area (Å²) in [5.74, 6) is 1.38. The van der Waals surface area contributed by atoms with Crippen molar-refractivity contribution >= 4 is 38.9 Å². The summed E-state index contributed by atoms with van der Waals surface area (Å²) in [6.45, 7) is 4.54. The molecule has 0 N–H and O–H groups in total. The summed E-state index contributed by atoms with van der Waals surface area (Å²) in [7, 11) is 0. The fourth-order valence-electron chi connectivity index (χ4n) is 8.37. The highest BCUT2D eigenvalue weighted by Crippen LogP contribution is 2.53. The van der Waals surface area contributed by atoms with E-state index in [4.69, 9.17) is 15.0 Å². The highest BCUT2D eigenvalue weighted by Gasteiger charge is 2.38. The minimum Gasteiger partial charge on any atom is -0.310 e. The maximum Gasteiger partial charge on any atom is 0.164 e. The molecule has 0 amide bonds. The smallest absolute Gasteiger partial charge is 0.164 e. The van der Waals surface area contributed by atoms with E-state index in [0.717, 1.165) is 55.6 Å². The van der Waals surface area contributed by atoms with E-state index in [1.165, 1.54) is 5.56 Å². The molecule has 0 saturated heterocycles. The Balaban J connectivity index is 1.23. The van der Waals surface area contributed by atoms with Crippen molar-refractivity contribution in [3.8, 4) is 52.0 Å². The maximum atomic E-state index is 10.9. The van der Waals surface area contributed by atoms with Gasteiger partial charge in [-0.2, -0.15) is 10.5 Å². The van der Waals surface area contributed by atoms with Crippen LogP contribution in [0.1, 0.15) is 36.1 Å². The van der Waals surface area contributed by atoms with Gasteiger partial charge in [0, 0.05) is 38.6 Å². The van der Waals surface area contributed by atoms with Gasteiger partial charge < -0.3 is 9.47 Å². The zero-order valence-electron chi connectivity index (χ0n) is 31.2. The lowest BCUT2D eigenvalue weighted by atomic mass is 9.73. The molecule has 0 radical (unpaired) electrons.